The zero-order valence-corrected chi connectivity index (χ0v) is 14.5. The highest BCUT2D eigenvalue weighted by Crippen LogP contribution is 2.12. The number of imide groups is 1. The molecule has 0 aliphatic carbocycles. The van der Waals surface area contributed by atoms with E-state index in [0.29, 0.717) is 45.5 Å². The average Bonchev–Trinajstić information content (AvgIpc) is 2.62. The van der Waals surface area contributed by atoms with Gasteiger partial charge in [-0.1, -0.05) is 24.3 Å². The molecule has 0 unspecified atom stereocenters. The second-order valence-electron chi connectivity index (χ2n) is 5.94. The SMILES string of the molecule is O=CNCCCOCC(=O)NCc1ccc(CC(=O)N2CCC2=O)cc1. The van der Waals surface area contributed by atoms with Crippen LogP contribution in [0.15, 0.2) is 24.3 Å². The first-order valence-corrected chi connectivity index (χ1v) is 8.52. The molecule has 8 heteroatoms. The Morgan fingerprint density at radius 2 is 1.92 bits per heavy atom. The summed E-state index contributed by atoms with van der Waals surface area (Å²) >= 11 is 0. The van der Waals surface area contributed by atoms with Crippen LogP contribution in [0.3, 0.4) is 0 Å². The van der Waals surface area contributed by atoms with E-state index in [4.69, 9.17) is 4.74 Å². The van der Waals surface area contributed by atoms with Gasteiger partial charge in [0.1, 0.15) is 6.61 Å². The second-order valence-corrected chi connectivity index (χ2v) is 5.94. The number of nitrogens with one attached hydrogen (secondary N) is 2. The van der Waals surface area contributed by atoms with Crippen LogP contribution in [0.2, 0.25) is 0 Å². The molecule has 1 fully saturated rings. The monoisotopic (exact) mass is 361 g/mol. The van der Waals surface area contributed by atoms with Crippen LogP contribution in [-0.2, 0) is 36.9 Å². The average molecular weight is 361 g/mol. The maximum atomic E-state index is 11.9. The van der Waals surface area contributed by atoms with Gasteiger partial charge in [0.25, 0.3) is 0 Å². The molecule has 1 aliphatic rings. The molecule has 0 bridgehead atoms. The summed E-state index contributed by atoms with van der Waals surface area (Å²) in [6.07, 6.45) is 1.92. The number of carbonyl (C=O) groups excluding carboxylic acids is 4. The smallest absolute Gasteiger partial charge is 0.246 e. The van der Waals surface area contributed by atoms with Crippen molar-refractivity contribution in [3.8, 4) is 0 Å². The summed E-state index contributed by atoms with van der Waals surface area (Å²) in [7, 11) is 0. The Morgan fingerprint density at radius 1 is 1.19 bits per heavy atom. The minimum Gasteiger partial charge on any atom is -0.372 e. The predicted molar refractivity (Wildman–Crippen MR) is 92.8 cm³/mol. The number of hydrogen-bond acceptors (Lipinski definition) is 5. The highest BCUT2D eigenvalue weighted by molar-refractivity contribution is 6.00. The molecule has 140 valence electrons. The van der Waals surface area contributed by atoms with E-state index in [1.165, 1.54) is 4.90 Å². The number of carbonyl (C=O) groups is 4. The van der Waals surface area contributed by atoms with Crippen LogP contribution < -0.4 is 10.6 Å². The maximum Gasteiger partial charge on any atom is 0.246 e. The van der Waals surface area contributed by atoms with Gasteiger partial charge in [0.15, 0.2) is 0 Å². The summed E-state index contributed by atoms with van der Waals surface area (Å²) in [6, 6.07) is 7.32. The molecule has 26 heavy (non-hydrogen) atoms. The summed E-state index contributed by atoms with van der Waals surface area (Å²) in [5.74, 6) is -0.511. The van der Waals surface area contributed by atoms with Crippen molar-refractivity contribution in [3.05, 3.63) is 35.4 Å². The van der Waals surface area contributed by atoms with Crippen molar-refractivity contribution < 1.29 is 23.9 Å². The first-order chi connectivity index (χ1) is 12.6. The van der Waals surface area contributed by atoms with Crippen LogP contribution in [0.1, 0.15) is 24.0 Å². The molecule has 0 spiro atoms. The Hall–Kier alpha value is -2.74. The molecule has 2 rings (SSSR count). The number of likely N-dealkylation sites (tertiary alicyclic amines) is 1. The fourth-order valence-corrected chi connectivity index (χ4v) is 2.38. The van der Waals surface area contributed by atoms with Crippen molar-refractivity contribution in [2.45, 2.75) is 25.8 Å². The van der Waals surface area contributed by atoms with Crippen LogP contribution >= 0.6 is 0 Å². The normalized spacial score (nSPS) is 13.1. The minimum absolute atomic E-state index is 0.0302. The predicted octanol–water partition coefficient (Wildman–Crippen LogP) is -0.243. The molecule has 8 nitrogen and oxygen atoms in total. The number of benzene rings is 1. The molecule has 2 N–H and O–H groups in total. The van der Waals surface area contributed by atoms with Crippen molar-refractivity contribution in [3.63, 3.8) is 0 Å². The van der Waals surface area contributed by atoms with Crippen molar-refractivity contribution in [1.82, 2.24) is 15.5 Å². The van der Waals surface area contributed by atoms with E-state index in [0.717, 1.165) is 11.1 Å². The lowest BCUT2D eigenvalue weighted by molar-refractivity contribution is -0.151. The van der Waals surface area contributed by atoms with Gasteiger partial charge < -0.3 is 15.4 Å². The zero-order chi connectivity index (χ0) is 18.8. The Bertz CT molecular complexity index is 645. The van der Waals surface area contributed by atoms with Gasteiger partial charge in [0.05, 0.1) is 6.42 Å². The van der Waals surface area contributed by atoms with Crippen LogP contribution in [0, 0.1) is 0 Å². The van der Waals surface area contributed by atoms with Gasteiger partial charge in [0.2, 0.25) is 24.1 Å². The summed E-state index contributed by atoms with van der Waals surface area (Å²) in [5.41, 5.74) is 1.74. The molecular weight excluding hydrogens is 338 g/mol. The fraction of sp³-hybridized carbons (Fsp3) is 0.444. The lowest BCUT2D eigenvalue weighted by Gasteiger charge is -2.28. The molecule has 1 aromatic carbocycles. The lowest BCUT2D eigenvalue weighted by atomic mass is 10.1. The van der Waals surface area contributed by atoms with Crippen molar-refractivity contribution in [2.24, 2.45) is 0 Å². The third-order valence-corrected chi connectivity index (χ3v) is 3.95. The van der Waals surface area contributed by atoms with Gasteiger partial charge >= 0.3 is 0 Å². The Morgan fingerprint density at radius 3 is 2.54 bits per heavy atom. The zero-order valence-electron chi connectivity index (χ0n) is 14.5. The van der Waals surface area contributed by atoms with Gasteiger partial charge in [-0.25, -0.2) is 0 Å². The Balaban J connectivity index is 1.63. The van der Waals surface area contributed by atoms with Gasteiger partial charge in [-0.3, -0.25) is 24.1 Å². The third kappa shape index (κ3) is 6.29. The van der Waals surface area contributed by atoms with E-state index >= 15 is 0 Å². The second kappa shape index (κ2) is 10.3. The number of ether oxygens (including phenoxy) is 1. The number of β-lactam (4-membered cyclic amide) rings is 1. The van der Waals surface area contributed by atoms with Crippen LogP contribution in [-0.4, -0.2) is 55.3 Å². The van der Waals surface area contributed by atoms with Crippen LogP contribution in [0.4, 0.5) is 0 Å². The lowest BCUT2D eigenvalue weighted by Crippen LogP contribution is -2.48. The molecule has 4 amide bonds. The summed E-state index contributed by atoms with van der Waals surface area (Å²) in [5, 5.41) is 5.26. The largest absolute Gasteiger partial charge is 0.372 e. The molecule has 0 saturated carbocycles. The van der Waals surface area contributed by atoms with E-state index in [1.807, 2.05) is 24.3 Å². The first kappa shape index (κ1) is 19.6. The molecule has 1 heterocycles. The molecule has 1 saturated heterocycles. The fourth-order valence-electron chi connectivity index (χ4n) is 2.38. The van der Waals surface area contributed by atoms with E-state index in [9.17, 15) is 19.2 Å². The van der Waals surface area contributed by atoms with Crippen molar-refractivity contribution in [1.29, 1.82) is 0 Å². The highest BCUT2D eigenvalue weighted by Gasteiger charge is 2.29. The van der Waals surface area contributed by atoms with Gasteiger partial charge in [0, 0.05) is 32.7 Å². The maximum absolute atomic E-state index is 11.9. The first-order valence-electron chi connectivity index (χ1n) is 8.52. The van der Waals surface area contributed by atoms with Crippen LogP contribution in [0.5, 0.6) is 0 Å². The van der Waals surface area contributed by atoms with Gasteiger partial charge in [-0.2, -0.15) is 0 Å². The van der Waals surface area contributed by atoms with E-state index in [-0.39, 0.29) is 30.7 Å². The summed E-state index contributed by atoms with van der Waals surface area (Å²) in [6.45, 7) is 1.77. The van der Waals surface area contributed by atoms with Crippen LogP contribution in [0.25, 0.3) is 0 Å². The quantitative estimate of drug-likeness (QED) is 0.321. The molecular formula is C18H23N3O5. The standard InChI is InChI=1S/C18H23N3O5/c22-13-19-7-1-9-26-12-16(23)20-11-15-4-2-14(3-5-15)10-18(25)21-8-6-17(21)24/h2-5,13H,1,6-12H2,(H,19,22)(H,20,23). The number of rotatable bonds is 11. The van der Waals surface area contributed by atoms with Crippen molar-refractivity contribution >= 4 is 24.1 Å². The van der Waals surface area contributed by atoms with Crippen molar-refractivity contribution in [2.75, 3.05) is 26.3 Å². The highest BCUT2D eigenvalue weighted by atomic mass is 16.5. The van der Waals surface area contributed by atoms with E-state index < -0.39 is 0 Å². The molecule has 0 atom stereocenters. The van der Waals surface area contributed by atoms with E-state index in [1.54, 1.807) is 0 Å². The Labute approximate surface area is 151 Å². The molecule has 1 aromatic rings. The minimum atomic E-state index is -0.219. The van der Waals surface area contributed by atoms with Gasteiger partial charge in [-0.05, 0) is 17.5 Å². The Kier molecular flexibility index (Phi) is 7.75. The number of hydrogen-bond donors (Lipinski definition) is 2. The molecule has 0 radical (unpaired) electrons. The third-order valence-electron chi connectivity index (χ3n) is 3.95. The molecule has 0 aromatic heterocycles. The van der Waals surface area contributed by atoms with Gasteiger partial charge in [-0.15, -0.1) is 0 Å². The summed E-state index contributed by atoms with van der Waals surface area (Å²) < 4.78 is 5.20. The number of amides is 4. The molecule has 1 aliphatic heterocycles. The topological polar surface area (TPSA) is 105 Å². The van der Waals surface area contributed by atoms with E-state index in [2.05, 4.69) is 10.6 Å². The summed E-state index contributed by atoms with van der Waals surface area (Å²) in [4.78, 5) is 46.1. The number of nitrogens with zero attached hydrogens (tertiary/aromatic N) is 1.